The van der Waals surface area contributed by atoms with Crippen molar-refractivity contribution in [1.82, 2.24) is 5.32 Å². The molecule has 1 amide bonds. The van der Waals surface area contributed by atoms with Crippen LogP contribution in [-0.4, -0.2) is 65.1 Å². The zero-order valence-electron chi connectivity index (χ0n) is 10.2. The Kier molecular flexibility index (Phi) is 5.70. The van der Waals surface area contributed by atoms with E-state index in [1.54, 1.807) is 0 Å². The van der Waals surface area contributed by atoms with Gasteiger partial charge in [0.05, 0.1) is 13.2 Å². The van der Waals surface area contributed by atoms with Crippen molar-refractivity contribution in [3.05, 3.63) is 12.7 Å². The maximum absolute atomic E-state index is 11.1. The quantitative estimate of drug-likeness (QED) is 0.432. The Morgan fingerprint density at radius 3 is 2.67 bits per heavy atom. The van der Waals surface area contributed by atoms with Crippen LogP contribution in [0, 0.1) is 0 Å². The summed E-state index contributed by atoms with van der Waals surface area (Å²) in [6.07, 6.45) is -3.01. The molecule has 1 rings (SSSR count). The Hall–Kier alpha value is -0.990. The van der Waals surface area contributed by atoms with Crippen LogP contribution in [0.15, 0.2) is 12.7 Å². The largest absolute Gasteiger partial charge is 0.394 e. The third-order valence-electron chi connectivity index (χ3n) is 2.63. The summed E-state index contributed by atoms with van der Waals surface area (Å²) in [7, 11) is 0. The lowest BCUT2D eigenvalue weighted by atomic mass is 9.97. The lowest BCUT2D eigenvalue weighted by molar-refractivity contribution is -0.267. The van der Waals surface area contributed by atoms with E-state index in [0.29, 0.717) is 0 Å². The van der Waals surface area contributed by atoms with Crippen molar-refractivity contribution in [3.8, 4) is 0 Å². The van der Waals surface area contributed by atoms with Crippen molar-refractivity contribution < 1.29 is 29.6 Å². The van der Waals surface area contributed by atoms with E-state index in [0.717, 1.165) is 0 Å². The number of carbonyl (C=O) groups is 1. The summed E-state index contributed by atoms with van der Waals surface area (Å²) < 4.78 is 10.5. The smallest absolute Gasteiger partial charge is 0.217 e. The molecule has 0 radical (unpaired) electrons. The van der Waals surface area contributed by atoms with Crippen molar-refractivity contribution in [2.45, 2.75) is 37.6 Å². The zero-order chi connectivity index (χ0) is 13.7. The minimum absolute atomic E-state index is 0.154. The Labute approximate surface area is 105 Å². The highest BCUT2D eigenvalue weighted by molar-refractivity contribution is 5.73. The normalized spacial score (nSPS) is 36.1. The Morgan fingerprint density at radius 2 is 2.17 bits per heavy atom. The highest BCUT2D eigenvalue weighted by Gasteiger charge is 2.45. The maximum atomic E-state index is 11.1. The lowest BCUT2D eigenvalue weighted by Gasteiger charge is -2.42. The average Bonchev–Trinajstić information content (AvgIpc) is 2.33. The maximum Gasteiger partial charge on any atom is 0.217 e. The van der Waals surface area contributed by atoms with Crippen LogP contribution in [0.2, 0.25) is 0 Å². The standard InChI is InChI=1S/C11H19NO6/c1-3-4-17-11-8(12-6(2)14)10(16)9(15)7(5-13)18-11/h3,7-11,13,15-16H,1,4-5H2,2H3,(H,12,14)/t7-,8?,9-,10?,11+/m1/s1. The number of nitrogens with one attached hydrogen (secondary N) is 1. The van der Waals surface area contributed by atoms with Gasteiger partial charge < -0.3 is 30.1 Å². The molecule has 7 nitrogen and oxygen atoms in total. The van der Waals surface area contributed by atoms with Crippen molar-refractivity contribution in [2.24, 2.45) is 0 Å². The molecule has 0 aromatic carbocycles. The van der Waals surface area contributed by atoms with Crippen LogP contribution in [0.4, 0.5) is 0 Å². The van der Waals surface area contributed by atoms with Crippen LogP contribution in [0.1, 0.15) is 6.92 Å². The van der Waals surface area contributed by atoms with Crippen LogP contribution in [0.25, 0.3) is 0 Å². The summed E-state index contributed by atoms with van der Waals surface area (Å²) in [5.74, 6) is -0.385. The fraction of sp³-hybridized carbons (Fsp3) is 0.727. The number of ether oxygens (including phenoxy) is 2. The third kappa shape index (κ3) is 3.50. The van der Waals surface area contributed by atoms with E-state index in [1.807, 2.05) is 0 Å². The van der Waals surface area contributed by atoms with Gasteiger partial charge in [-0.05, 0) is 0 Å². The highest BCUT2D eigenvalue weighted by atomic mass is 16.7. The van der Waals surface area contributed by atoms with Gasteiger partial charge in [0, 0.05) is 6.92 Å². The van der Waals surface area contributed by atoms with E-state index in [1.165, 1.54) is 13.0 Å². The molecule has 0 saturated carbocycles. The van der Waals surface area contributed by atoms with Crippen LogP contribution < -0.4 is 5.32 Å². The number of rotatable bonds is 5. The van der Waals surface area contributed by atoms with Gasteiger partial charge in [-0.15, -0.1) is 6.58 Å². The summed E-state index contributed by atoms with van der Waals surface area (Å²) >= 11 is 0. The van der Waals surface area contributed by atoms with Gasteiger partial charge in [-0.1, -0.05) is 6.08 Å². The second kappa shape index (κ2) is 6.81. The van der Waals surface area contributed by atoms with Gasteiger partial charge in [-0.3, -0.25) is 4.79 Å². The summed E-state index contributed by atoms with van der Waals surface area (Å²) in [6, 6.07) is -0.903. The second-order valence-corrected chi connectivity index (χ2v) is 4.05. The first-order valence-corrected chi connectivity index (χ1v) is 5.63. The lowest BCUT2D eigenvalue weighted by Crippen LogP contribution is -2.64. The molecule has 1 heterocycles. The van der Waals surface area contributed by atoms with E-state index in [4.69, 9.17) is 14.6 Å². The first-order valence-electron chi connectivity index (χ1n) is 5.63. The van der Waals surface area contributed by atoms with Crippen molar-refractivity contribution >= 4 is 5.91 Å². The van der Waals surface area contributed by atoms with Crippen LogP contribution in [0.3, 0.4) is 0 Å². The topological polar surface area (TPSA) is 108 Å². The molecule has 18 heavy (non-hydrogen) atoms. The van der Waals surface area contributed by atoms with Gasteiger partial charge in [0.25, 0.3) is 0 Å². The molecule has 2 unspecified atom stereocenters. The fourth-order valence-electron chi connectivity index (χ4n) is 1.78. The second-order valence-electron chi connectivity index (χ2n) is 4.05. The van der Waals surface area contributed by atoms with Crippen LogP contribution in [-0.2, 0) is 14.3 Å². The Morgan fingerprint density at radius 1 is 1.50 bits per heavy atom. The molecule has 0 bridgehead atoms. The van der Waals surface area contributed by atoms with Crippen LogP contribution >= 0.6 is 0 Å². The Balaban J connectivity index is 2.79. The number of carbonyl (C=O) groups excluding carboxylic acids is 1. The molecule has 0 aromatic heterocycles. The molecule has 0 aromatic rings. The first kappa shape index (κ1) is 15.1. The molecular formula is C11H19NO6. The van der Waals surface area contributed by atoms with Gasteiger partial charge in [-0.2, -0.15) is 0 Å². The van der Waals surface area contributed by atoms with Crippen molar-refractivity contribution in [2.75, 3.05) is 13.2 Å². The molecule has 1 fully saturated rings. The summed E-state index contributed by atoms with van der Waals surface area (Å²) in [5.41, 5.74) is 0. The molecule has 1 aliphatic rings. The van der Waals surface area contributed by atoms with E-state index < -0.39 is 37.3 Å². The number of aliphatic hydroxyl groups excluding tert-OH is 3. The molecule has 0 spiro atoms. The van der Waals surface area contributed by atoms with E-state index in [2.05, 4.69) is 11.9 Å². The number of aliphatic hydroxyl groups is 3. The molecular weight excluding hydrogens is 242 g/mol. The van der Waals surface area contributed by atoms with Crippen molar-refractivity contribution in [3.63, 3.8) is 0 Å². The van der Waals surface area contributed by atoms with E-state index in [9.17, 15) is 15.0 Å². The summed E-state index contributed by atoms with van der Waals surface area (Å²) in [4.78, 5) is 11.1. The number of amides is 1. The SMILES string of the molecule is C=CCO[C@H]1O[C@H](CO)[C@@H](O)C(O)C1NC(C)=O. The van der Waals surface area contributed by atoms with Gasteiger partial charge in [0.15, 0.2) is 6.29 Å². The monoisotopic (exact) mass is 261 g/mol. The van der Waals surface area contributed by atoms with Gasteiger partial charge in [0.2, 0.25) is 5.91 Å². The third-order valence-corrected chi connectivity index (χ3v) is 2.63. The molecule has 7 heteroatoms. The summed E-state index contributed by atoms with van der Waals surface area (Å²) in [5, 5.41) is 31.1. The predicted octanol–water partition coefficient (Wildman–Crippen LogP) is -1.87. The first-order chi connectivity index (χ1) is 8.51. The van der Waals surface area contributed by atoms with Crippen molar-refractivity contribution in [1.29, 1.82) is 0 Å². The van der Waals surface area contributed by atoms with Gasteiger partial charge in [0.1, 0.15) is 24.4 Å². The Bertz CT molecular complexity index is 297. The molecule has 1 aliphatic heterocycles. The van der Waals surface area contributed by atoms with Gasteiger partial charge in [-0.25, -0.2) is 0 Å². The number of hydrogen-bond donors (Lipinski definition) is 4. The van der Waals surface area contributed by atoms with E-state index >= 15 is 0 Å². The molecule has 1 saturated heterocycles. The minimum atomic E-state index is -1.30. The molecule has 4 N–H and O–H groups in total. The zero-order valence-corrected chi connectivity index (χ0v) is 10.2. The van der Waals surface area contributed by atoms with E-state index in [-0.39, 0.29) is 12.5 Å². The average molecular weight is 261 g/mol. The molecule has 104 valence electrons. The predicted molar refractivity (Wildman–Crippen MR) is 61.5 cm³/mol. The number of hydrogen-bond acceptors (Lipinski definition) is 6. The molecule has 5 atom stereocenters. The summed E-state index contributed by atoms with van der Waals surface area (Å²) in [6.45, 7) is 4.45. The van der Waals surface area contributed by atoms with Gasteiger partial charge >= 0.3 is 0 Å². The molecule has 0 aliphatic carbocycles. The van der Waals surface area contributed by atoms with Crippen LogP contribution in [0.5, 0.6) is 0 Å². The minimum Gasteiger partial charge on any atom is -0.394 e. The highest BCUT2D eigenvalue weighted by Crippen LogP contribution is 2.22. The fourth-order valence-corrected chi connectivity index (χ4v) is 1.78.